The number of aliphatic hydroxyl groups excluding tert-OH is 1. The number of aliphatic hydroxyl groups is 1. The zero-order valence-corrected chi connectivity index (χ0v) is 14.5. The molecule has 2 aliphatic rings. The van der Waals surface area contributed by atoms with Gasteiger partial charge in [-0.2, -0.15) is 0 Å². The van der Waals surface area contributed by atoms with E-state index < -0.39 is 0 Å². The van der Waals surface area contributed by atoms with Gasteiger partial charge in [0.1, 0.15) is 0 Å². The van der Waals surface area contributed by atoms with Gasteiger partial charge < -0.3 is 10.4 Å². The van der Waals surface area contributed by atoms with E-state index >= 15 is 0 Å². The van der Waals surface area contributed by atoms with E-state index in [1.807, 2.05) is 24.4 Å². The lowest BCUT2D eigenvalue weighted by molar-refractivity contribution is 0.150. The first kappa shape index (κ1) is 16.3. The van der Waals surface area contributed by atoms with Crippen LogP contribution in [-0.2, 0) is 6.54 Å². The predicted molar refractivity (Wildman–Crippen MR) is 97.2 cm³/mol. The minimum Gasteiger partial charge on any atom is -0.392 e. The van der Waals surface area contributed by atoms with Gasteiger partial charge in [0.05, 0.1) is 11.6 Å². The second-order valence-corrected chi connectivity index (χ2v) is 7.50. The Bertz CT molecular complexity index is 723. The maximum Gasteiger partial charge on any atom is 0.0747 e. The smallest absolute Gasteiger partial charge is 0.0747 e. The monoisotopic (exact) mass is 345 g/mol. The lowest BCUT2D eigenvalue weighted by atomic mass is 10.1. The van der Waals surface area contributed by atoms with Crippen LogP contribution in [0.4, 0.5) is 0 Å². The van der Waals surface area contributed by atoms with Crippen LogP contribution in [0, 0.1) is 0 Å². The molecule has 2 N–H and O–H groups in total. The van der Waals surface area contributed by atoms with Gasteiger partial charge in [-0.25, -0.2) is 0 Å². The summed E-state index contributed by atoms with van der Waals surface area (Å²) in [6.45, 7) is 2.63. The first-order chi connectivity index (χ1) is 11.7. The van der Waals surface area contributed by atoms with Gasteiger partial charge in [0, 0.05) is 48.3 Å². The number of nitrogens with one attached hydrogen (secondary N) is 1. The van der Waals surface area contributed by atoms with Crippen LogP contribution >= 0.6 is 11.6 Å². The molecule has 4 rings (SSSR count). The molecule has 0 bridgehead atoms. The van der Waals surface area contributed by atoms with Gasteiger partial charge in [0.25, 0.3) is 0 Å². The Labute approximate surface area is 147 Å². The largest absolute Gasteiger partial charge is 0.392 e. The molecule has 4 nitrogen and oxygen atoms in total. The SMILES string of the molecule is OC1CCN([C@H]2CCC[C@H]2NCc2cc(Cl)cc3cccnc23)C1. The number of nitrogens with zero attached hydrogens (tertiary/aromatic N) is 2. The Morgan fingerprint density at radius 2 is 2.21 bits per heavy atom. The summed E-state index contributed by atoms with van der Waals surface area (Å²) in [6, 6.07) is 9.02. The molecule has 3 atom stereocenters. The van der Waals surface area contributed by atoms with E-state index in [0.717, 1.165) is 47.5 Å². The first-order valence-electron chi connectivity index (χ1n) is 8.89. The molecule has 1 saturated carbocycles. The Balaban J connectivity index is 1.48. The summed E-state index contributed by atoms with van der Waals surface area (Å²) in [4.78, 5) is 6.99. The number of pyridine rings is 1. The average Bonchev–Trinajstić information content (AvgIpc) is 3.20. The summed E-state index contributed by atoms with van der Waals surface area (Å²) in [5.41, 5.74) is 2.19. The van der Waals surface area contributed by atoms with Gasteiger partial charge >= 0.3 is 0 Å². The maximum absolute atomic E-state index is 9.82. The van der Waals surface area contributed by atoms with Crippen LogP contribution in [0.3, 0.4) is 0 Å². The van der Waals surface area contributed by atoms with Crippen LogP contribution in [0.2, 0.25) is 5.02 Å². The standard InChI is InChI=1S/C19H24ClN3O/c20-15-9-13-3-2-7-21-19(13)14(10-15)11-22-17-4-1-5-18(17)23-8-6-16(24)12-23/h2-3,7,9-10,16-18,22,24H,1,4-6,8,11-12H2/t16?,17-,18+/m1/s1. The van der Waals surface area contributed by atoms with Crippen molar-refractivity contribution in [2.24, 2.45) is 0 Å². The molecular formula is C19H24ClN3O. The van der Waals surface area contributed by atoms with Gasteiger partial charge in [-0.15, -0.1) is 0 Å². The molecule has 1 saturated heterocycles. The number of halogens is 1. The molecule has 1 unspecified atom stereocenters. The number of benzene rings is 1. The van der Waals surface area contributed by atoms with Crippen molar-refractivity contribution in [1.29, 1.82) is 0 Å². The molecule has 2 fully saturated rings. The summed E-state index contributed by atoms with van der Waals surface area (Å²) in [7, 11) is 0. The Morgan fingerprint density at radius 3 is 3.04 bits per heavy atom. The lowest BCUT2D eigenvalue weighted by Crippen LogP contribution is -2.46. The van der Waals surface area contributed by atoms with E-state index in [4.69, 9.17) is 11.6 Å². The third-order valence-corrected chi connectivity index (χ3v) is 5.66. The van der Waals surface area contributed by atoms with Crippen molar-refractivity contribution in [3.8, 4) is 0 Å². The average molecular weight is 346 g/mol. The minimum atomic E-state index is -0.146. The first-order valence-corrected chi connectivity index (χ1v) is 9.27. The van der Waals surface area contributed by atoms with Gasteiger partial charge in [-0.1, -0.05) is 24.1 Å². The van der Waals surface area contributed by atoms with Crippen LogP contribution < -0.4 is 5.32 Å². The molecule has 2 aromatic rings. The minimum absolute atomic E-state index is 0.146. The van der Waals surface area contributed by atoms with E-state index in [1.54, 1.807) is 0 Å². The van der Waals surface area contributed by atoms with Crippen molar-refractivity contribution in [3.05, 3.63) is 41.0 Å². The summed E-state index contributed by atoms with van der Waals surface area (Å²) < 4.78 is 0. The molecule has 128 valence electrons. The Kier molecular flexibility index (Phi) is 4.72. The van der Waals surface area contributed by atoms with Gasteiger partial charge in [-0.05, 0) is 43.0 Å². The number of likely N-dealkylation sites (tertiary alicyclic amines) is 1. The molecule has 0 spiro atoms. The molecule has 1 aromatic carbocycles. The zero-order valence-electron chi connectivity index (χ0n) is 13.8. The fraction of sp³-hybridized carbons (Fsp3) is 0.526. The van der Waals surface area contributed by atoms with Crippen LogP contribution in [0.5, 0.6) is 0 Å². The van der Waals surface area contributed by atoms with Crippen LogP contribution in [-0.4, -0.2) is 46.3 Å². The highest BCUT2D eigenvalue weighted by Gasteiger charge is 2.35. The van der Waals surface area contributed by atoms with E-state index in [2.05, 4.69) is 21.3 Å². The van der Waals surface area contributed by atoms with Crippen LogP contribution in [0.25, 0.3) is 10.9 Å². The molecule has 1 aromatic heterocycles. The fourth-order valence-electron chi connectivity index (χ4n) is 4.29. The molecule has 2 heterocycles. The Morgan fingerprint density at radius 1 is 1.29 bits per heavy atom. The van der Waals surface area contributed by atoms with Crippen molar-refractivity contribution in [3.63, 3.8) is 0 Å². The fourth-order valence-corrected chi connectivity index (χ4v) is 4.54. The summed E-state index contributed by atoms with van der Waals surface area (Å²) >= 11 is 6.28. The summed E-state index contributed by atoms with van der Waals surface area (Å²) in [6.07, 6.45) is 6.27. The quantitative estimate of drug-likeness (QED) is 0.894. The summed E-state index contributed by atoms with van der Waals surface area (Å²) in [5, 5.41) is 15.4. The van der Waals surface area contributed by atoms with Crippen molar-refractivity contribution in [2.45, 2.75) is 50.4 Å². The number of hydrogen-bond acceptors (Lipinski definition) is 4. The number of fused-ring (bicyclic) bond motifs is 1. The third-order valence-electron chi connectivity index (χ3n) is 5.45. The normalized spacial score (nSPS) is 28.0. The number of hydrogen-bond donors (Lipinski definition) is 2. The molecule has 24 heavy (non-hydrogen) atoms. The second kappa shape index (κ2) is 6.96. The highest BCUT2D eigenvalue weighted by Crippen LogP contribution is 2.28. The zero-order chi connectivity index (χ0) is 16.5. The van der Waals surface area contributed by atoms with Crippen molar-refractivity contribution < 1.29 is 5.11 Å². The number of aromatic nitrogens is 1. The van der Waals surface area contributed by atoms with Crippen LogP contribution in [0.1, 0.15) is 31.2 Å². The lowest BCUT2D eigenvalue weighted by Gasteiger charge is -2.30. The van der Waals surface area contributed by atoms with E-state index in [0.29, 0.717) is 12.1 Å². The maximum atomic E-state index is 9.82. The van der Waals surface area contributed by atoms with E-state index in [9.17, 15) is 5.11 Å². The predicted octanol–water partition coefficient (Wildman–Crippen LogP) is 2.97. The molecule has 1 aliphatic heterocycles. The van der Waals surface area contributed by atoms with Crippen LogP contribution in [0.15, 0.2) is 30.5 Å². The summed E-state index contributed by atoms with van der Waals surface area (Å²) in [5.74, 6) is 0. The van der Waals surface area contributed by atoms with Crippen molar-refractivity contribution in [2.75, 3.05) is 13.1 Å². The number of β-amino-alcohol motifs (C(OH)–C–C–N with tert-alkyl or cyclic N) is 1. The molecule has 0 amide bonds. The van der Waals surface area contributed by atoms with Gasteiger partial charge in [-0.3, -0.25) is 9.88 Å². The molecule has 0 radical (unpaired) electrons. The topological polar surface area (TPSA) is 48.4 Å². The van der Waals surface area contributed by atoms with Gasteiger partial charge in [0.2, 0.25) is 0 Å². The van der Waals surface area contributed by atoms with Gasteiger partial charge in [0.15, 0.2) is 0 Å². The molecule has 1 aliphatic carbocycles. The second-order valence-electron chi connectivity index (χ2n) is 7.06. The van der Waals surface area contributed by atoms with E-state index in [1.165, 1.54) is 19.3 Å². The number of rotatable bonds is 4. The Hall–Kier alpha value is -1.20. The third kappa shape index (κ3) is 3.29. The molecule has 5 heteroatoms. The molecular weight excluding hydrogens is 322 g/mol. The van der Waals surface area contributed by atoms with Crippen molar-refractivity contribution >= 4 is 22.5 Å². The van der Waals surface area contributed by atoms with Crippen molar-refractivity contribution in [1.82, 2.24) is 15.2 Å². The highest BCUT2D eigenvalue weighted by molar-refractivity contribution is 6.31. The van der Waals surface area contributed by atoms with E-state index in [-0.39, 0.29) is 6.10 Å². The highest BCUT2D eigenvalue weighted by atomic mass is 35.5.